The summed E-state index contributed by atoms with van der Waals surface area (Å²) in [5, 5.41) is 9.92. The van der Waals surface area contributed by atoms with Crippen LogP contribution in [0.1, 0.15) is 43.8 Å². The number of hydrogen-bond donors (Lipinski definition) is 1. The van der Waals surface area contributed by atoms with Gasteiger partial charge < -0.3 is 5.11 Å². The molecule has 1 fully saturated rings. The highest BCUT2D eigenvalue weighted by Crippen LogP contribution is 2.33. The molecule has 1 atom stereocenters. The molecular weight excluding hydrogens is 191 g/mol. The van der Waals surface area contributed by atoms with Crippen LogP contribution in [0.5, 0.6) is 0 Å². The van der Waals surface area contributed by atoms with E-state index in [9.17, 15) is 9.50 Å². The summed E-state index contributed by atoms with van der Waals surface area (Å²) in [6, 6.07) is 6.51. The van der Waals surface area contributed by atoms with E-state index in [4.69, 9.17) is 0 Å². The Bertz CT molecular complexity index is 318. The Morgan fingerprint density at radius 2 is 1.93 bits per heavy atom. The van der Waals surface area contributed by atoms with E-state index in [-0.39, 0.29) is 5.82 Å². The quantitative estimate of drug-likeness (QED) is 0.806. The van der Waals surface area contributed by atoms with Crippen LogP contribution in [0.25, 0.3) is 0 Å². The van der Waals surface area contributed by atoms with Crippen LogP contribution < -0.4 is 0 Å². The first-order valence-corrected chi connectivity index (χ1v) is 5.70. The third-order valence-electron chi connectivity index (χ3n) is 3.30. The lowest BCUT2D eigenvalue weighted by Gasteiger charge is -2.16. The number of rotatable bonds is 3. The molecule has 0 aliphatic heterocycles. The molecule has 2 rings (SSSR count). The highest BCUT2D eigenvalue weighted by atomic mass is 19.1. The lowest BCUT2D eigenvalue weighted by atomic mass is 9.95. The van der Waals surface area contributed by atoms with E-state index in [1.165, 1.54) is 31.7 Å². The Morgan fingerprint density at radius 3 is 2.60 bits per heavy atom. The molecule has 1 nitrogen and oxygen atoms in total. The van der Waals surface area contributed by atoms with Gasteiger partial charge in [0, 0.05) is 5.56 Å². The van der Waals surface area contributed by atoms with Gasteiger partial charge in [-0.05, 0) is 18.4 Å². The van der Waals surface area contributed by atoms with Crippen molar-refractivity contribution in [2.24, 2.45) is 5.92 Å². The zero-order valence-corrected chi connectivity index (χ0v) is 8.82. The molecule has 0 aromatic heterocycles. The number of halogens is 1. The highest BCUT2D eigenvalue weighted by Gasteiger charge is 2.21. The minimum atomic E-state index is -0.630. The van der Waals surface area contributed by atoms with Crippen molar-refractivity contribution in [3.8, 4) is 0 Å². The van der Waals surface area contributed by atoms with Crippen molar-refractivity contribution in [1.29, 1.82) is 0 Å². The van der Waals surface area contributed by atoms with Crippen LogP contribution in [0.2, 0.25) is 0 Å². The van der Waals surface area contributed by atoms with Crippen molar-refractivity contribution in [3.05, 3.63) is 35.6 Å². The average Bonchev–Trinajstić information content (AvgIpc) is 2.71. The lowest BCUT2D eigenvalue weighted by molar-refractivity contribution is 0.141. The summed E-state index contributed by atoms with van der Waals surface area (Å²) in [5.74, 6) is 0.294. The predicted molar refractivity (Wildman–Crippen MR) is 57.9 cm³/mol. The van der Waals surface area contributed by atoms with E-state index in [1.807, 2.05) is 0 Å². The molecule has 0 amide bonds. The second kappa shape index (κ2) is 4.75. The van der Waals surface area contributed by atoms with Crippen molar-refractivity contribution >= 4 is 0 Å². The first-order valence-electron chi connectivity index (χ1n) is 5.70. The van der Waals surface area contributed by atoms with Gasteiger partial charge in [0.05, 0.1) is 6.10 Å². The Morgan fingerprint density at radius 1 is 1.27 bits per heavy atom. The Labute approximate surface area is 89.9 Å². The first kappa shape index (κ1) is 10.6. The molecule has 0 saturated heterocycles. The van der Waals surface area contributed by atoms with Gasteiger partial charge in [-0.3, -0.25) is 0 Å². The van der Waals surface area contributed by atoms with E-state index < -0.39 is 6.10 Å². The predicted octanol–water partition coefficient (Wildman–Crippen LogP) is 3.44. The maximum atomic E-state index is 13.4. The fourth-order valence-electron chi connectivity index (χ4n) is 2.43. The molecule has 1 aliphatic carbocycles. The number of benzene rings is 1. The molecule has 1 aliphatic rings. The molecule has 15 heavy (non-hydrogen) atoms. The largest absolute Gasteiger partial charge is 0.388 e. The van der Waals surface area contributed by atoms with E-state index >= 15 is 0 Å². The summed E-state index contributed by atoms with van der Waals surface area (Å²) >= 11 is 0. The van der Waals surface area contributed by atoms with E-state index in [0.29, 0.717) is 17.9 Å². The molecule has 1 unspecified atom stereocenters. The van der Waals surface area contributed by atoms with Gasteiger partial charge in [-0.1, -0.05) is 43.9 Å². The van der Waals surface area contributed by atoms with Crippen LogP contribution >= 0.6 is 0 Å². The standard InChI is InChI=1S/C13H17FO/c14-12-8-4-3-7-11(12)13(15)9-10-5-1-2-6-10/h3-4,7-8,10,13,15H,1-2,5-6,9H2. The van der Waals surface area contributed by atoms with Crippen molar-refractivity contribution in [3.63, 3.8) is 0 Å². The topological polar surface area (TPSA) is 20.2 Å². The normalized spacial score (nSPS) is 19.3. The summed E-state index contributed by atoms with van der Waals surface area (Å²) in [7, 11) is 0. The molecule has 0 heterocycles. The maximum Gasteiger partial charge on any atom is 0.128 e. The lowest BCUT2D eigenvalue weighted by Crippen LogP contribution is -2.06. The van der Waals surface area contributed by atoms with Gasteiger partial charge in [0.1, 0.15) is 5.82 Å². The average molecular weight is 208 g/mol. The van der Waals surface area contributed by atoms with Crippen LogP contribution in [0.4, 0.5) is 4.39 Å². The molecule has 1 aromatic rings. The smallest absolute Gasteiger partial charge is 0.128 e. The summed E-state index contributed by atoms with van der Waals surface area (Å²) in [6.07, 6.45) is 4.97. The second-order valence-electron chi connectivity index (χ2n) is 4.42. The SMILES string of the molecule is OC(CC1CCCC1)c1ccccc1F. The minimum Gasteiger partial charge on any atom is -0.388 e. The molecule has 1 saturated carbocycles. The fraction of sp³-hybridized carbons (Fsp3) is 0.538. The molecule has 1 N–H and O–H groups in total. The minimum absolute atomic E-state index is 0.289. The molecule has 1 aromatic carbocycles. The van der Waals surface area contributed by atoms with E-state index in [2.05, 4.69) is 0 Å². The number of aliphatic hydroxyl groups is 1. The number of aliphatic hydroxyl groups excluding tert-OH is 1. The molecule has 0 spiro atoms. The van der Waals surface area contributed by atoms with Crippen LogP contribution in [0.3, 0.4) is 0 Å². The second-order valence-corrected chi connectivity index (χ2v) is 4.42. The van der Waals surface area contributed by atoms with Crippen LogP contribution in [0.15, 0.2) is 24.3 Å². The van der Waals surface area contributed by atoms with Crippen molar-refractivity contribution < 1.29 is 9.50 Å². The van der Waals surface area contributed by atoms with E-state index in [1.54, 1.807) is 18.2 Å². The van der Waals surface area contributed by atoms with Gasteiger partial charge in [-0.15, -0.1) is 0 Å². The number of hydrogen-bond acceptors (Lipinski definition) is 1. The van der Waals surface area contributed by atoms with Crippen molar-refractivity contribution in [2.45, 2.75) is 38.2 Å². The van der Waals surface area contributed by atoms with Gasteiger partial charge in [-0.2, -0.15) is 0 Å². The fourth-order valence-corrected chi connectivity index (χ4v) is 2.43. The van der Waals surface area contributed by atoms with Gasteiger partial charge >= 0.3 is 0 Å². The molecule has 0 radical (unpaired) electrons. The zero-order chi connectivity index (χ0) is 10.7. The summed E-state index contributed by atoms with van der Waals surface area (Å²) in [5.41, 5.74) is 0.449. The Balaban J connectivity index is 2.00. The maximum absolute atomic E-state index is 13.4. The Kier molecular flexibility index (Phi) is 3.37. The molecule has 0 bridgehead atoms. The highest BCUT2D eigenvalue weighted by molar-refractivity contribution is 5.19. The van der Waals surface area contributed by atoms with Gasteiger partial charge in [0.15, 0.2) is 0 Å². The van der Waals surface area contributed by atoms with Crippen LogP contribution in [-0.2, 0) is 0 Å². The molecular formula is C13H17FO. The van der Waals surface area contributed by atoms with Crippen LogP contribution in [-0.4, -0.2) is 5.11 Å². The van der Waals surface area contributed by atoms with E-state index in [0.717, 1.165) is 0 Å². The summed E-state index contributed by atoms with van der Waals surface area (Å²) in [4.78, 5) is 0. The molecule has 2 heteroatoms. The Hall–Kier alpha value is -0.890. The molecule has 82 valence electrons. The van der Waals surface area contributed by atoms with Gasteiger partial charge in [0.2, 0.25) is 0 Å². The third kappa shape index (κ3) is 2.57. The summed E-state index contributed by atoms with van der Waals surface area (Å²) < 4.78 is 13.4. The van der Waals surface area contributed by atoms with Crippen LogP contribution in [0, 0.1) is 11.7 Å². The van der Waals surface area contributed by atoms with Crippen molar-refractivity contribution in [2.75, 3.05) is 0 Å². The van der Waals surface area contributed by atoms with Gasteiger partial charge in [-0.25, -0.2) is 4.39 Å². The first-order chi connectivity index (χ1) is 7.27. The zero-order valence-electron chi connectivity index (χ0n) is 8.82. The van der Waals surface area contributed by atoms with Gasteiger partial charge in [0.25, 0.3) is 0 Å². The third-order valence-corrected chi connectivity index (χ3v) is 3.30. The summed E-state index contributed by atoms with van der Waals surface area (Å²) in [6.45, 7) is 0. The monoisotopic (exact) mass is 208 g/mol. The van der Waals surface area contributed by atoms with Crippen molar-refractivity contribution in [1.82, 2.24) is 0 Å².